The van der Waals surface area contributed by atoms with Gasteiger partial charge in [0.25, 0.3) is 0 Å². The van der Waals surface area contributed by atoms with Gasteiger partial charge in [0.2, 0.25) is 5.91 Å². The zero-order valence-corrected chi connectivity index (χ0v) is 19.0. The number of benzene rings is 3. The average Bonchev–Trinajstić information content (AvgIpc) is 3.17. The summed E-state index contributed by atoms with van der Waals surface area (Å²) in [6.45, 7) is 2.49. The van der Waals surface area contributed by atoms with E-state index in [1.165, 1.54) is 17.4 Å². The molecule has 0 saturated heterocycles. The third kappa shape index (κ3) is 5.84. The van der Waals surface area contributed by atoms with Crippen LogP contribution in [0.25, 0.3) is 17.3 Å². The maximum absolute atomic E-state index is 12.3. The highest BCUT2D eigenvalue weighted by atomic mass is 35.5. The van der Waals surface area contributed by atoms with Crippen LogP contribution >= 0.6 is 22.9 Å². The number of halogens is 1. The van der Waals surface area contributed by atoms with E-state index >= 15 is 0 Å². The predicted molar refractivity (Wildman–Crippen MR) is 132 cm³/mol. The monoisotopic (exact) mass is 460 g/mol. The number of carbonyl (C=O) groups excluding carboxylic acids is 1. The van der Waals surface area contributed by atoms with Crippen LogP contribution in [0.1, 0.15) is 16.0 Å². The molecule has 1 aromatic heterocycles. The molecule has 0 bridgehead atoms. The molecule has 0 atom stereocenters. The van der Waals surface area contributed by atoms with Gasteiger partial charge in [0.1, 0.15) is 12.4 Å². The molecule has 1 heterocycles. The van der Waals surface area contributed by atoms with Crippen LogP contribution < -0.4 is 10.1 Å². The van der Waals surface area contributed by atoms with Gasteiger partial charge in [-0.25, -0.2) is 4.98 Å². The quantitative estimate of drug-likeness (QED) is 0.302. The first-order valence-corrected chi connectivity index (χ1v) is 11.3. The molecule has 32 heavy (non-hydrogen) atoms. The van der Waals surface area contributed by atoms with Gasteiger partial charge in [0, 0.05) is 21.5 Å². The molecule has 160 valence electrons. The first-order chi connectivity index (χ1) is 15.6. The fourth-order valence-corrected chi connectivity index (χ4v) is 4.12. The number of rotatable bonds is 7. The van der Waals surface area contributed by atoms with Crippen molar-refractivity contribution in [3.05, 3.63) is 106 Å². The molecular formula is C26H21ClN2O2S. The van der Waals surface area contributed by atoms with Gasteiger partial charge in [-0.3, -0.25) is 10.1 Å². The smallest absolute Gasteiger partial charge is 0.250 e. The van der Waals surface area contributed by atoms with E-state index < -0.39 is 0 Å². The summed E-state index contributed by atoms with van der Waals surface area (Å²) in [5.74, 6) is 0.544. The van der Waals surface area contributed by atoms with Crippen molar-refractivity contribution in [2.45, 2.75) is 13.5 Å². The van der Waals surface area contributed by atoms with Crippen molar-refractivity contribution in [3.63, 3.8) is 0 Å². The van der Waals surface area contributed by atoms with E-state index in [1.54, 1.807) is 6.08 Å². The number of anilines is 1. The normalized spacial score (nSPS) is 10.9. The van der Waals surface area contributed by atoms with Gasteiger partial charge in [-0.1, -0.05) is 66.2 Å². The number of nitrogens with zero attached hydrogens (tertiary/aromatic N) is 1. The predicted octanol–water partition coefficient (Wildman–Crippen LogP) is 7.00. The maximum atomic E-state index is 12.3. The minimum absolute atomic E-state index is 0.235. The Bertz CT molecular complexity index is 1230. The summed E-state index contributed by atoms with van der Waals surface area (Å²) in [6.07, 6.45) is 3.25. The molecule has 1 amide bonds. The molecule has 0 aliphatic rings. The molecular weight excluding hydrogens is 440 g/mol. The second-order valence-corrected chi connectivity index (χ2v) is 8.74. The standard InChI is InChI=1S/C26H21ClN2O2S/c1-18-25(21-8-5-9-22(27)16-21)29-26(32-18)28-24(30)15-12-19-10-13-23(14-11-19)31-17-20-6-3-2-4-7-20/h2-16H,17H2,1H3,(H,28,29,30). The van der Waals surface area contributed by atoms with Gasteiger partial charge in [0.05, 0.1) is 5.69 Å². The summed E-state index contributed by atoms with van der Waals surface area (Å²) in [5, 5.41) is 4.04. The number of hydrogen-bond acceptors (Lipinski definition) is 4. The van der Waals surface area contributed by atoms with Crippen molar-refractivity contribution >= 4 is 40.1 Å². The molecule has 0 aliphatic heterocycles. The second kappa shape index (κ2) is 10.3. The van der Waals surface area contributed by atoms with Crippen molar-refractivity contribution < 1.29 is 9.53 Å². The highest BCUT2D eigenvalue weighted by Crippen LogP contribution is 2.31. The molecule has 1 N–H and O–H groups in total. The molecule has 6 heteroatoms. The van der Waals surface area contributed by atoms with Gasteiger partial charge >= 0.3 is 0 Å². The van der Waals surface area contributed by atoms with Crippen LogP contribution in [-0.2, 0) is 11.4 Å². The van der Waals surface area contributed by atoms with E-state index in [0.29, 0.717) is 16.8 Å². The summed E-state index contributed by atoms with van der Waals surface area (Å²) >= 11 is 7.52. The first kappa shape index (κ1) is 21.8. The summed E-state index contributed by atoms with van der Waals surface area (Å²) in [7, 11) is 0. The maximum Gasteiger partial charge on any atom is 0.250 e. The van der Waals surface area contributed by atoms with Gasteiger partial charge in [-0.15, -0.1) is 11.3 Å². The van der Waals surface area contributed by atoms with Crippen molar-refractivity contribution in [2.24, 2.45) is 0 Å². The fourth-order valence-electron chi connectivity index (χ4n) is 3.09. The molecule has 4 aromatic rings. The van der Waals surface area contributed by atoms with Gasteiger partial charge in [-0.2, -0.15) is 0 Å². The van der Waals surface area contributed by atoms with Crippen LogP contribution in [0.2, 0.25) is 5.02 Å². The Kier molecular flexibility index (Phi) is 7.00. The number of nitrogens with one attached hydrogen (secondary N) is 1. The van der Waals surface area contributed by atoms with E-state index in [4.69, 9.17) is 16.3 Å². The Labute approximate surface area is 196 Å². The van der Waals surface area contributed by atoms with Crippen molar-refractivity contribution in [3.8, 4) is 17.0 Å². The second-order valence-electron chi connectivity index (χ2n) is 7.10. The van der Waals surface area contributed by atoms with E-state index in [9.17, 15) is 4.79 Å². The third-order valence-corrected chi connectivity index (χ3v) is 5.80. The number of hydrogen-bond donors (Lipinski definition) is 1. The van der Waals surface area contributed by atoms with E-state index in [0.717, 1.165) is 33.0 Å². The molecule has 0 spiro atoms. The van der Waals surface area contributed by atoms with Gasteiger partial charge in [-0.05, 0) is 48.4 Å². The average molecular weight is 461 g/mol. The van der Waals surface area contributed by atoms with Crippen molar-refractivity contribution in [2.75, 3.05) is 5.32 Å². The van der Waals surface area contributed by atoms with Gasteiger partial charge < -0.3 is 4.74 Å². The minimum atomic E-state index is -0.235. The zero-order valence-electron chi connectivity index (χ0n) is 17.4. The highest BCUT2D eigenvalue weighted by Gasteiger charge is 2.11. The lowest BCUT2D eigenvalue weighted by Crippen LogP contribution is -2.07. The van der Waals surface area contributed by atoms with E-state index in [-0.39, 0.29) is 5.91 Å². The lowest BCUT2D eigenvalue weighted by molar-refractivity contribution is -0.111. The summed E-state index contributed by atoms with van der Waals surface area (Å²) in [4.78, 5) is 17.9. The summed E-state index contributed by atoms with van der Waals surface area (Å²) in [5.41, 5.74) is 3.77. The Balaban J connectivity index is 1.34. The van der Waals surface area contributed by atoms with Crippen LogP contribution in [0.4, 0.5) is 5.13 Å². The Morgan fingerprint density at radius 2 is 1.84 bits per heavy atom. The van der Waals surface area contributed by atoms with Crippen LogP contribution in [0.5, 0.6) is 5.75 Å². The number of aryl methyl sites for hydroxylation is 1. The van der Waals surface area contributed by atoms with Crippen molar-refractivity contribution in [1.29, 1.82) is 0 Å². The SMILES string of the molecule is Cc1sc(NC(=O)C=Cc2ccc(OCc3ccccc3)cc2)nc1-c1cccc(Cl)c1. The van der Waals surface area contributed by atoms with Crippen LogP contribution in [0, 0.1) is 6.92 Å². The lowest BCUT2D eigenvalue weighted by Gasteiger charge is -2.06. The molecule has 0 fully saturated rings. The fraction of sp³-hybridized carbons (Fsp3) is 0.0769. The van der Waals surface area contributed by atoms with Crippen LogP contribution in [-0.4, -0.2) is 10.9 Å². The highest BCUT2D eigenvalue weighted by molar-refractivity contribution is 7.16. The van der Waals surface area contributed by atoms with E-state index in [1.807, 2.05) is 85.8 Å². The zero-order chi connectivity index (χ0) is 22.3. The molecule has 0 radical (unpaired) electrons. The van der Waals surface area contributed by atoms with Crippen molar-refractivity contribution in [1.82, 2.24) is 4.98 Å². The Morgan fingerprint density at radius 1 is 1.06 bits per heavy atom. The van der Waals surface area contributed by atoms with Crippen LogP contribution in [0.15, 0.2) is 84.9 Å². The Morgan fingerprint density at radius 3 is 2.59 bits per heavy atom. The topological polar surface area (TPSA) is 51.2 Å². The number of aromatic nitrogens is 1. The number of carbonyl (C=O) groups is 1. The third-order valence-electron chi connectivity index (χ3n) is 4.68. The molecule has 0 unspecified atom stereocenters. The molecule has 4 nitrogen and oxygen atoms in total. The number of amides is 1. The first-order valence-electron chi connectivity index (χ1n) is 10.1. The molecule has 0 saturated carbocycles. The van der Waals surface area contributed by atoms with Gasteiger partial charge in [0.15, 0.2) is 5.13 Å². The largest absolute Gasteiger partial charge is 0.489 e. The Hall–Kier alpha value is -3.41. The number of ether oxygens (including phenoxy) is 1. The number of thiazole rings is 1. The summed E-state index contributed by atoms with van der Waals surface area (Å²) < 4.78 is 5.79. The minimum Gasteiger partial charge on any atom is -0.489 e. The molecule has 3 aromatic carbocycles. The van der Waals surface area contributed by atoms with E-state index in [2.05, 4.69) is 10.3 Å². The van der Waals surface area contributed by atoms with Crippen LogP contribution in [0.3, 0.4) is 0 Å². The lowest BCUT2D eigenvalue weighted by atomic mass is 10.1. The molecule has 4 rings (SSSR count). The summed E-state index contributed by atoms with van der Waals surface area (Å²) in [6, 6.07) is 25.1. The molecule has 0 aliphatic carbocycles.